The number of aryl methyl sites for hydroxylation is 1. The second-order valence-corrected chi connectivity index (χ2v) is 3.85. The van der Waals surface area contributed by atoms with Gasteiger partial charge in [0.15, 0.2) is 0 Å². The van der Waals surface area contributed by atoms with E-state index in [0.717, 1.165) is 18.1 Å². The van der Waals surface area contributed by atoms with Crippen molar-refractivity contribution >= 4 is 17.5 Å². The van der Waals surface area contributed by atoms with Crippen LogP contribution in [0.5, 0.6) is 0 Å². The summed E-state index contributed by atoms with van der Waals surface area (Å²) in [6.07, 6.45) is 1.68. The minimum absolute atomic E-state index is 0.299. The Morgan fingerprint density at radius 1 is 1.18 bits per heavy atom. The molecule has 88 valence electrons. The Hall–Kier alpha value is -2.10. The minimum atomic E-state index is 0.299. The van der Waals surface area contributed by atoms with Crippen LogP contribution in [-0.2, 0) is 0 Å². The summed E-state index contributed by atoms with van der Waals surface area (Å²) in [7, 11) is 0. The zero-order chi connectivity index (χ0) is 12.3. The van der Waals surface area contributed by atoms with Crippen LogP contribution in [0.3, 0.4) is 0 Å². The molecule has 2 aromatic rings. The van der Waals surface area contributed by atoms with E-state index in [9.17, 15) is 0 Å². The number of nitrogen functional groups attached to an aromatic ring is 1. The number of anilines is 3. The highest BCUT2D eigenvalue weighted by Gasteiger charge is 2.08. The maximum atomic E-state index is 5.60. The third kappa shape index (κ3) is 2.53. The zero-order valence-corrected chi connectivity index (χ0v) is 10.1. The number of aromatic nitrogens is 2. The first-order valence-electron chi connectivity index (χ1n) is 5.63. The van der Waals surface area contributed by atoms with Gasteiger partial charge in [0, 0.05) is 18.4 Å². The van der Waals surface area contributed by atoms with Crippen LogP contribution in [-0.4, -0.2) is 16.5 Å². The molecule has 4 nitrogen and oxygen atoms in total. The maximum absolute atomic E-state index is 5.60. The highest BCUT2D eigenvalue weighted by molar-refractivity contribution is 5.60. The first-order chi connectivity index (χ1) is 8.20. The van der Waals surface area contributed by atoms with Crippen molar-refractivity contribution in [2.24, 2.45) is 0 Å². The van der Waals surface area contributed by atoms with E-state index in [-0.39, 0.29) is 0 Å². The molecular weight excluding hydrogens is 212 g/mol. The van der Waals surface area contributed by atoms with Crippen LogP contribution < -0.4 is 10.6 Å². The number of hydrogen-bond acceptors (Lipinski definition) is 4. The van der Waals surface area contributed by atoms with Gasteiger partial charge in [0.2, 0.25) is 5.95 Å². The first-order valence-corrected chi connectivity index (χ1v) is 5.63. The van der Waals surface area contributed by atoms with Gasteiger partial charge >= 0.3 is 0 Å². The second-order valence-electron chi connectivity index (χ2n) is 3.85. The van der Waals surface area contributed by atoms with Crippen molar-refractivity contribution < 1.29 is 0 Å². The monoisotopic (exact) mass is 228 g/mol. The molecule has 17 heavy (non-hydrogen) atoms. The molecule has 0 fully saturated rings. The van der Waals surface area contributed by atoms with E-state index >= 15 is 0 Å². The average molecular weight is 228 g/mol. The fraction of sp³-hybridized carbons (Fsp3) is 0.231. The number of benzene rings is 1. The van der Waals surface area contributed by atoms with Crippen molar-refractivity contribution in [3.63, 3.8) is 0 Å². The Labute approximate surface area is 101 Å². The Morgan fingerprint density at radius 2 is 1.88 bits per heavy atom. The third-order valence-corrected chi connectivity index (χ3v) is 2.60. The fourth-order valence-corrected chi connectivity index (χ4v) is 1.72. The molecule has 1 aromatic carbocycles. The maximum Gasteiger partial charge on any atom is 0.221 e. The van der Waals surface area contributed by atoms with Crippen LogP contribution in [0.2, 0.25) is 0 Å². The van der Waals surface area contributed by atoms with Gasteiger partial charge in [-0.05, 0) is 32.0 Å². The quantitative estimate of drug-likeness (QED) is 0.877. The van der Waals surface area contributed by atoms with E-state index in [1.807, 2.05) is 6.07 Å². The Morgan fingerprint density at radius 3 is 2.47 bits per heavy atom. The van der Waals surface area contributed by atoms with Crippen LogP contribution in [0, 0.1) is 6.92 Å². The zero-order valence-electron chi connectivity index (χ0n) is 10.1. The summed E-state index contributed by atoms with van der Waals surface area (Å²) < 4.78 is 0. The molecule has 0 aliphatic heterocycles. The van der Waals surface area contributed by atoms with Gasteiger partial charge in [-0.2, -0.15) is 4.98 Å². The van der Waals surface area contributed by atoms with Gasteiger partial charge in [-0.1, -0.05) is 17.7 Å². The molecule has 2 rings (SSSR count). The van der Waals surface area contributed by atoms with Crippen molar-refractivity contribution in [1.29, 1.82) is 0 Å². The summed E-state index contributed by atoms with van der Waals surface area (Å²) in [6, 6.07) is 10.2. The van der Waals surface area contributed by atoms with Gasteiger partial charge in [0.05, 0.1) is 0 Å². The molecule has 0 spiro atoms. The van der Waals surface area contributed by atoms with E-state index in [1.165, 1.54) is 5.56 Å². The molecule has 0 bridgehead atoms. The van der Waals surface area contributed by atoms with Crippen molar-refractivity contribution in [3.8, 4) is 0 Å². The third-order valence-electron chi connectivity index (χ3n) is 2.60. The lowest BCUT2D eigenvalue weighted by Crippen LogP contribution is -2.17. The van der Waals surface area contributed by atoms with Gasteiger partial charge in [-0.25, -0.2) is 4.98 Å². The Bertz CT molecular complexity index is 493. The molecule has 0 atom stereocenters. The van der Waals surface area contributed by atoms with Crippen molar-refractivity contribution in [2.75, 3.05) is 17.2 Å². The summed E-state index contributed by atoms with van der Waals surface area (Å²) in [5.41, 5.74) is 7.95. The lowest BCUT2D eigenvalue weighted by atomic mass is 10.2. The highest BCUT2D eigenvalue weighted by Crippen LogP contribution is 2.23. The summed E-state index contributed by atoms with van der Waals surface area (Å²) in [5.74, 6) is 1.12. The Kier molecular flexibility index (Phi) is 3.23. The highest BCUT2D eigenvalue weighted by atomic mass is 15.2. The normalized spacial score (nSPS) is 10.2. The predicted octanol–water partition coefficient (Wildman–Crippen LogP) is 2.53. The van der Waals surface area contributed by atoms with Gasteiger partial charge in [0.25, 0.3) is 0 Å². The molecule has 0 saturated heterocycles. The van der Waals surface area contributed by atoms with Crippen molar-refractivity contribution in [2.45, 2.75) is 13.8 Å². The van der Waals surface area contributed by atoms with Crippen molar-refractivity contribution in [3.05, 3.63) is 42.1 Å². The topological polar surface area (TPSA) is 55.0 Å². The van der Waals surface area contributed by atoms with Crippen molar-refractivity contribution in [1.82, 2.24) is 9.97 Å². The molecule has 0 saturated carbocycles. The largest absolute Gasteiger partial charge is 0.368 e. The molecule has 4 heteroatoms. The van der Waals surface area contributed by atoms with Gasteiger partial charge < -0.3 is 10.6 Å². The number of nitrogens with zero attached hydrogens (tertiary/aromatic N) is 3. The Balaban J connectivity index is 2.36. The fourth-order valence-electron chi connectivity index (χ4n) is 1.72. The number of hydrogen-bond donors (Lipinski definition) is 1. The van der Waals surface area contributed by atoms with Crippen LogP contribution in [0.1, 0.15) is 12.5 Å². The summed E-state index contributed by atoms with van der Waals surface area (Å²) in [6.45, 7) is 4.99. The van der Waals surface area contributed by atoms with E-state index in [0.29, 0.717) is 5.95 Å². The number of nitrogens with two attached hydrogens (primary N) is 1. The molecule has 0 unspecified atom stereocenters. The van der Waals surface area contributed by atoms with Gasteiger partial charge in [-0.15, -0.1) is 0 Å². The first kappa shape index (κ1) is 11.4. The van der Waals surface area contributed by atoms with Crippen LogP contribution >= 0.6 is 0 Å². The van der Waals surface area contributed by atoms with Crippen LogP contribution in [0.15, 0.2) is 36.5 Å². The van der Waals surface area contributed by atoms with Crippen LogP contribution in [0.4, 0.5) is 17.5 Å². The average Bonchev–Trinajstić information content (AvgIpc) is 2.33. The van der Waals surface area contributed by atoms with E-state index < -0.39 is 0 Å². The lowest BCUT2D eigenvalue weighted by Gasteiger charge is -2.22. The minimum Gasteiger partial charge on any atom is -0.368 e. The molecular formula is C13H16N4. The summed E-state index contributed by atoms with van der Waals surface area (Å²) in [5, 5.41) is 0. The lowest BCUT2D eigenvalue weighted by molar-refractivity contribution is 0.980. The predicted molar refractivity (Wildman–Crippen MR) is 70.3 cm³/mol. The molecule has 0 aliphatic carbocycles. The standard InChI is InChI=1S/C13H16N4/c1-3-17(11-6-4-10(2)5-7-11)12-8-9-15-13(14)16-12/h4-9H,3H2,1-2H3,(H2,14,15,16). The second kappa shape index (κ2) is 4.82. The molecule has 0 radical (unpaired) electrons. The molecule has 0 aliphatic rings. The van der Waals surface area contributed by atoms with E-state index in [4.69, 9.17) is 5.73 Å². The van der Waals surface area contributed by atoms with E-state index in [1.54, 1.807) is 6.20 Å². The summed E-state index contributed by atoms with van der Waals surface area (Å²) in [4.78, 5) is 10.2. The van der Waals surface area contributed by atoms with Gasteiger partial charge in [0.1, 0.15) is 5.82 Å². The van der Waals surface area contributed by atoms with E-state index in [2.05, 4.69) is 53.0 Å². The number of rotatable bonds is 3. The molecule has 1 aromatic heterocycles. The van der Waals surface area contributed by atoms with Gasteiger partial charge in [-0.3, -0.25) is 0 Å². The SMILES string of the molecule is CCN(c1ccc(C)cc1)c1ccnc(N)n1. The smallest absolute Gasteiger partial charge is 0.221 e. The van der Waals surface area contributed by atoms with Crippen LogP contribution in [0.25, 0.3) is 0 Å². The summed E-state index contributed by atoms with van der Waals surface area (Å²) >= 11 is 0. The molecule has 2 N–H and O–H groups in total. The molecule has 1 heterocycles. The molecule has 0 amide bonds.